The average Bonchev–Trinajstić information content (AvgIpc) is 3.09. The van der Waals surface area contributed by atoms with E-state index >= 15 is 0 Å². The normalized spacial score (nSPS) is 26.4. The summed E-state index contributed by atoms with van der Waals surface area (Å²) in [5.74, 6) is -1.09. The van der Waals surface area contributed by atoms with Crippen molar-refractivity contribution in [1.82, 2.24) is 10.0 Å². The first-order valence-corrected chi connectivity index (χ1v) is 8.78. The minimum atomic E-state index is -0.685. The van der Waals surface area contributed by atoms with Gasteiger partial charge in [-0.3, -0.25) is 9.59 Å². The minimum absolute atomic E-state index is 0.0342. The monoisotopic (exact) mass is 318 g/mol. The molecule has 2 aliphatic heterocycles. The van der Waals surface area contributed by atoms with Gasteiger partial charge in [-0.25, -0.2) is 5.01 Å². The van der Waals surface area contributed by atoms with Crippen LogP contribution in [0, 0.1) is 5.92 Å². The lowest BCUT2D eigenvalue weighted by Gasteiger charge is -2.41. The minimum Gasteiger partial charge on any atom is -0.462 e. The van der Waals surface area contributed by atoms with E-state index in [1.165, 1.54) is 12.8 Å². The average molecular weight is 318 g/mol. The van der Waals surface area contributed by atoms with Crippen LogP contribution in [-0.4, -0.2) is 47.5 Å². The Morgan fingerprint density at radius 2 is 2.13 bits per heavy atom. The van der Waals surface area contributed by atoms with Crippen LogP contribution in [0.3, 0.4) is 0 Å². The Kier molecular flexibility index (Phi) is 4.85. The number of carbonyl (C=O) groups is 2. The van der Waals surface area contributed by atoms with Gasteiger partial charge in [-0.1, -0.05) is 13.0 Å². The molecule has 1 fully saturated rings. The van der Waals surface area contributed by atoms with E-state index in [4.69, 9.17) is 4.74 Å². The van der Waals surface area contributed by atoms with E-state index in [0.717, 1.165) is 43.6 Å². The van der Waals surface area contributed by atoms with Crippen molar-refractivity contribution in [3.63, 3.8) is 0 Å². The largest absolute Gasteiger partial charge is 0.462 e. The molecule has 0 saturated carbocycles. The SMILES string of the molecule is CCC(C)OC(=O)C1CN(N2CCCC2)C2=C(CCC=C2)C1=O. The molecule has 0 aromatic heterocycles. The highest BCUT2D eigenvalue weighted by Crippen LogP contribution is 2.33. The van der Waals surface area contributed by atoms with Gasteiger partial charge in [0.25, 0.3) is 0 Å². The van der Waals surface area contributed by atoms with Crippen LogP contribution < -0.4 is 0 Å². The molecule has 0 aromatic carbocycles. The summed E-state index contributed by atoms with van der Waals surface area (Å²) in [5, 5.41) is 4.43. The molecule has 5 nitrogen and oxygen atoms in total. The summed E-state index contributed by atoms with van der Waals surface area (Å²) in [5.41, 5.74) is 1.80. The van der Waals surface area contributed by atoms with Crippen molar-refractivity contribution >= 4 is 11.8 Å². The van der Waals surface area contributed by atoms with Gasteiger partial charge in [0.2, 0.25) is 0 Å². The van der Waals surface area contributed by atoms with Crippen molar-refractivity contribution in [2.45, 2.75) is 52.1 Å². The van der Waals surface area contributed by atoms with Gasteiger partial charge in [-0.05, 0) is 45.1 Å². The van der Waals surface area contributed by atoms with E-state index in [0.29, 0.717) is 6.54 Å². The number of ether oxygens (including phenoxy) is 1. The van der Waals surface area contributed by atoms with Crippen LogP contribution in [0.15, 0.2) is 23.4 Å². The van der Waals surface area contributed by atoms with Crippen molar-refractivity contribution in [3.05, 3.63) is 23.4 Å². The molecule has 1 saturated heterocycles. The van der Waals surface area contributed by atoms with Crippen LogP contribution in [0.1, 0.15) is 46.0 Å². The Morgan fingerprint density at radius 3 is 2.83 bits per heavy atom. The van der Waals surface area contributed by atoms with E-state index in [1.54, 1.807) is 0 Å². The molecule has 0 spiro atoms. The smallest absolute Gasteiger partial charge is 0.319 e. The lowest BCUT2D eigenvalue weighted by molar-refractivity contribution is -0.158. The topological polar surface area (TPSA) is 49.9 Å². The van der Waals surface area contributed by atoms with E-state index in [-0.39, 0.29) is 17.9 Å². The number of hydrogen-bond acceptors (Lipinski definition) is 5. The highest BCUT2D eigenvalue weighted by Gasteiger charge is 2.41. The Balaban J connectivity index is 1.86. The second-order valence-electron chi connectivity index (χ2n) is 6.62. The van der Waals surface area contributed by atoms with Crippen molar-refractivity contribution in [3.8, 4) is 0 Å². The zero-order valence-electron chi connectivity index (χ0n) is 14.1. The highest BCUT2D eigenvalue weighted by atomic mass is 16.5. The second-order valence-corrected chi connectivity index (χ2v) is 6.62. The predicted octanol–water partition coefficient (Wildman–Crippen LogP) is 2.44. The molecule has 5 heteroatoms. The molecular formula is C18H26N2O3. The third kappa shape index (κ3) is 3.20. The first-order chi connectivity index (χ1) is 11.1. The summed E-state index contributed by atoms with van der Waals surface area (Å²) in [6.07, 6.45) is 8.71. The summed E-state index contributed by atoms with van der Waals surface area (Å²) >= 11 is 0. The molecule has 0 bridgehead atoms. The highest BCUT2D eigenvalue weighted by molar-refractivity contribution is 6.10. The van der Waals surface area contributed by atoms with Gasteiger partial charge < -0.3 is 9.75 Å². The third-order valence-corrected chi connectivity index (χ3v) is 4.99. The number of hydrogen-bond donors (Lipinski definition) is 0. The number of nitrogens with zero attached hydrogens (tertiary/aromatic N) is 2. The Hall–Kier alpha value is -1.62. The fourth-order valence-electron chi connectivity index (χ4n) is 3.46. The number of rotatable bonds is 4. The van der Waals surface area contributed by atoms with Crippen LogP contribution in [0.2, 0.25) is 0 Å². The Morgan fingerprint density at radius 1 is 1.39 bits per heavy atom. The molecule has 23 heavy (non-hydrogen) atoms. The number of allylic oxidation sites excluding steroid dienone is 3. The number of carbonyl (C=O) groups excluding carboxylic acids is 2. The van der Waals surface area contributed by atoms with Gasteiger partial charge in [0.05, 0.1) is 18.3 Å². The maximum absolute atomic E-state index is 12.8. The van der Waals surface area contributed by atoms with Crippen molar-refractivity contribution in [1.29, 1.82) is 0 Å². The molecule has 126 valence electrons. The Labute approximate surface area is 137 Å². The molecule has 2 heterocycles. The standard InChI is InChI=1S/C18H26N2O3/c1-3-13(2)23-18(22)15-12-20(19-10-6-7-11-19)16-9-5-4-8-14(16)17(15)21/h5,9,13,15H,3-4,6-8,10-12H2,1-2H3. The van der Waals surface area contributed by atoms with E-state index < -0.39 is 5.92 Å². The van der Waals surface area contributed by atoms with Gasteiger partial charge in [0.1, 0.15) is 5.92 Å². The molecule has 2 unspecified atom stereocenters. The van der Waals surface area contributed by atoms with Crippen molar-refractivity contribution in [2.24, 2.45) is 5.92 Å². The number of Topliss-reactive ketones (excluding diaryl/α,β-unsaturated/α-hetero) is 1. The first-order valence-electron chi connectivity index (χ1n) is 8.78. The lowest BCUT2D eigenvalue weighted by Crippen LogP contribution is -2.51. The van der Waals surface area contributed by atoms with Gasteiger partial charge in [-0.15, -0.1) is 0 Å². The van der Waals surface area contributed by atoms with Gasteiger partial charge in [-0.2, -0.15) is 0 Å². The number of hydrazine groups is 1. The van der Waals surface area contributed by atoms with E-state index in [9.17, 15) is 9.59 Å². The second kappa shape index (κ2) is 6.87. The molecular weight excluding hydrogens is 292 g/mol. The Bertz CT molecular complexity index is 546. The molecule has 3 rings (SSSR count). The molecule has 2 atom stereocenters. The van der Waals surface area contributed by atoms with Crippen molar-refractivity contribution < 1.29 is 14.3 Å². The van der Waals surface area contributed by atoms with Gasteiger partial charge in [0, 0.05) is 18.7 Å². The zero-order chi connectivity index (χ0) is 16.4. The summed E-state index contributed by atoms with van der Waals surface area (Å²) in [4.78, 5) is 25.3. The molecule has 0 N–H and O–H groups in total. The molecule has 1 aliphatic carbocycles. The summed E-state index contributed by atoms with van der Waals surface area (Å²) in [6.45, 7) is 6.25. The van der Waals surface area contributed by atoms with E-state index in [1.807, 2.05) is 19.9 Å². The van der Waals surface area contributed by atoms with Crippen LogP contribution in [0.4, 0.5) is 0 Å². The summed E-state index contributed by atoms with van der Waals surface area (Å²) in [6, 6.07) is 0. The first kappa shape index (κ1) is 16.2. The van der Waals surface area contributed by atoms with Gasteiger partial charge >= 0.3 is 5.97 Å². The fraction of sp³-hybridized carbons (Fsp3) is 0.667. The predicted molar refractivity (Wildman–Crippen MR) is 87.3 cm³/mol. The third-order valence-electron chi connectivity index (χ3n) is 4.99. The zero-order valence-corrected chi connectivity index (χ0v) is 14.1. The fourth-order valence-corrected chi connectivity index (χ4v) is 3.46. The summed E-state index contributed by atoms with van der Waals surface area (Å²) in [7, 11) is 0. The maximum atomic E-state index is 12.8. The molecule has 0 amide bonds. The van der Waals surface area contributed by atoms with Gasteiger partial charge in [0.15, 0.2) is 5.78 Å². The maximum Gasteiger partial charge on any atom is 0.319 e. The van der Waals surface area contributed by atoms with E-state index in [2.05, 4.69) is 16.1 Å². The van der Waals surface area contributed by atoms with Crippen LogP contribution >= 0.6 is 0 Å². The molecule has 3 aliphatic rings. The van der Waals surface area contributed by atoms with Crippen molar-refractivity contribution in [2.75, 3.05) is 19.6 Å². The van der Waals surface area contributed by atoms with Crippen LogP contribution in [-0.2, 0) is 14.3 Å². The summed E-state index contributed by atoms with van der Waals surface area (Å²) < 4.78 is 5.45. The number of ketones is 1. The quantitative estimate of drug-likeness (QED) is 0.589. The molecule has 0 aromatic rings. The van der Waals surface area contributed by atoms with Crippen LogP contribution in [0.5, 0.6) is 0 Å². The number of esters is 1. The van der Waals surface area contributed by atoms with Crippen LogP contribution in [0.25, 0.3) is 0 Å². The lowest BCUT2D eigenvalue weighted by atomic mass is 9.86. The molecule has 0 radical (unpaired) electrons.